The van der Waals surface area contributed by atoms with Crippen molar-refractivity contribution < 1.29 is 14.0 Å². The molecule has 0 aliphatic carbocycles. The van der Waals surface area contributed by atoms with Gasteiger partial charge in [0, 0.05) is 0 Å². The lowest BCUT2D eigenvalue weighted by Crippen LogP contribution is -2.19. The molecule has 0 aliphatic heterocycles. The molecule has 12 heavy (non-hydrogen) atoms. The Hall–Kier alpha value is -1.29. The van der Waals surface area contributed by atoms with Gasteiger partial charge in [-0.3, -0.25) is 4.79 Å². The van der Waals surface area contributed by atoms with E-state index in [4.69, 9.17) is 10.3 Å². The number of hydrogen-bond donors (Lipinski definition) is 1. The number of hydrogen-bond acceptors (Lipinski definition) is 4. The van der Waals surface area contributed by atoms with Crippen LogP contribution in [0.25, 0.3) is 0 Å². The summed E-state index contributed by atoms with van der Waals surface area (Å²) in [4.78, 5) is 15.0. The molecule has 0 saturated carbocycles. The summed E-state index contributed by atoms with van der Waals surface area (Å²) in [6.45, 7) is 1.75. The molecule has 0 fully saturated rings. The fraction of sp³-hybridized carbons (Fsp3) is 0.375. The Morgan fingerprint density at radius 2 is 2.58 bits per heavy atom. The van der Waals surface area contributed by atoms with Crippen molar-refractivity contribution in [2.24, 2.45) is 11.8 Å². The lowest BCUT2D eigenvalue weighted by molar-refractivity contribution is -0.148. The Labute approximate surface area is 70.3 Å². The zero-order valence-corrected chi connectivity index (χ0v) is 6.82. The van der Waals surface area contributed by atoms with E-state index in [1.54, 1.807) is 25.5 Å². The van der Waals surface area contributed by atoms with Crippen molar-refractivity contribution in [3.05, 3.63) is 24.2 Å². The summed E-state index contributed by atoms with van der Waals surface area (Å²) in [5, 5.41) is 0. The molecule has 4 heteroatoms. The van der Waals surface area contributed by atoms with Gasteiger partial charge in [0.05, 0.1) is 18.4 Å². The highest BCUT2D eigenvalue weighted by atomic mass is 16.7. The first kappa shape index (κ1) is 8.80. The SMILES string of the molecule is CC(Cc1ccoc1)C(=O)ON. The molecular formula is C8H11NO3. The summed E-state index contributed by atoms with van der Waals surface area (Å²) < 4.78 is 4.85. The second-order valence-corrected chi connectivity index (χ2v) is 2.67. The molecule has 0 saturated heterocycles. The van der Waals surface area contributed by atoms with Crippen LogP contribution in [-0.4, -0.2) is 5.97 Å². The molecule has 1 heterocycles. The first-order chi connectivity index (χ1) is 5.74. The number of carbonyl (C=O) groups is 1. The van der Waals surface area contributed by atoms with E-state index in [9.17, 15) is 4.79 Å². The summed E-state index contributed by atoms with van der Waals surface area (Å²) in [6, 6.07) is 1.81. The quantitative estimate of drug-likeness (QED) is 0.682. The van der Waals surface area contributed by atoms with E-state index in [1.807, 2.05) is 0 Å². The normalized spacial score (nSPS) is 12.5. The fourth-order valence-corrected chi connectivity index (χ4v) is 0.962. The Balaban J connectivity index is 2.47. The second-order valence-electron chi connectivity index (χ2n) is 2.67. The van der Waals surface area contributed by atoms with Crippen LogP contribution in [0, 0.1) is 5.92 Å². The van der Waals surface area contributed by atoms with Gasteiger partial charge in [0.2, 0.25) is 0 Å². The average Bonchev–Trinajstić information content (AvgIpc) is 2.55. The van der Waals surface area contributed by atoms with Crippen LogP contribution in [0.4, 0.5) is 0 Å². The smallest absolute Gasteiger partial charge is 0.327 e. The molecule has 1 atom stereocenters. The highest BCUT2D eigenvalue weighted by molar-refractivity contribution is 5.71. The summed E-state index contributed by atoms with van der Waals surface area (Å²) in [5.74, 6) is 4.09. The van der Waals surface area contributed by atoms with Gasteiger partial charge in [0.25, 0.3) is 0 Å². The van der Waals surface area contributed by atoms with Crippen LogP contribution in [0.5, 0.6) is 0 Å². The van der Waals surface area contributed by atoms with Gasteiger partial charge in [-0.15, -0.1) is 0 Å². The first-order valence-electron chi connectivity index (χ1n) is 3.65. The van der Waals surface area contributed by atoms with Crippen LogP contribution in [0.3, 0.4) is 0 Å². The van der Waals surface area contributed by atoms with E-state index in [-0.39, 0.29) is 5.92 Å². The van der Waals surface area contributed by atoms with Gasteiger partial charge in [-0.2, -0.15) is 5.90 Å². The topological polar surface area (TPSA) is 65.5 Å². The summed E-state index contributed by atoms with van der Waals surface area (Å²) in [6.07, 6.45) is 3.75. The molecule has 1 unspecified atom stereocenters. The van der Waals surface area contributed by atoms with E-state index in [2.05, 4.69) is 4.84 Å². The first-order valence-corrected chi connectivity index (χ1v) is 3.65. The molecule has 1 aromatic heterocycles. The van der Waals surface area contributed by atoms with Crippen molar-refractivity contribution in [1.29, 1.82) is 0 Å². The zero-order chi connectivity index (χ0) is 8.97. The van der Waals surface area contributed by atoms with Crippen molar-refractivity contribution in [3.8, 4) is 0 Å². The van der Waals surface area contributed by atoms with E-state index >= 15 is 0 Å². The van der Waals surface area contributed by atoms with Gasteiger partial charge >= 0.3 is 5.97 Å². The molecule has 0 aromatic carbocycles. The van der Waals surface area contributed by atoms with Crippen molar-refractivity contribution in [2.45, 2.75) is 13.3 Å². The largest absolute Gasteiger partial charge is 0.472 e. The van der Waals surface area contributed by atoms with Crippen molar-refractivity contribution in [3.63, 3.8) is 0 Å². The molecule has 4 nitrogen and oxygen atoms in total. The van der Waals surface area contributed by atoms with Gasteiger partial charge in [0.1, 0.15) is 0 Å². The lowest BCUT2D eigenvalue weighted by Gasteiger charge is -2.05. The predicted molar refractivity (Wildman–Crippen MR) is 41.9 cm³/mol. The van der Waals surface area contributed by atoms with Crippen LogP contribution in [-0.2, 0) is 16.1 Å². The molecular weight excluding hydrogens is 158 g/mol. The maximum absolute atomic E-state index is 10.9. The van der Waals surface area contributed by atoms with E-state index in [1.165, 1.54) is 0 Å². The second kappa shape index (κ2) is 3.92. The molecule has 0 bridgehead atoms. The summed E-state index contributed by atoms with van der Waals surface area (Å²) >= 11 is 0. The van der Waals surface area contributed by atoms with Crippen LogP contribution in [0.1, 0.15) is 12.5 Å². The maximum atomic E-state index is 10.9. The lowest BCUT2D eigenvalue weighted by atomic mass is 10.0. The van der Waals surface area contributed by atoms with Crippen molar-refractivity contribution in [2.75, 3.05) is 0 Å². The van der Waals surface area contributed by atoms with Gasteiger partial charge in [-0.25, -0.2) is 0 Å². The number of furan rings is 1. The van der Waals surface area contributed by atoms with Gasteiger partial charge < -0.3 is 9.25 Å². The minimum atomic E-state index is -0.406. The van der Waals surface area contributed by atoms with Crippen molar-refractivity contribution >= 4 is 5.97 Å². The monoisotopic (exact) mass is 169 g/mol. The molecule has 1 rings (SSSR count). The van der Waals surface area contributed by atoms with Crippen LogP contribution < -0.4 is 5.90 Å². The van der Waals surface area contributed by atoms with Crippen molar-refractivity contribution in [1.82, 2.24) is 0 Å². The van der Waals surface area contributed by atoms with E-state index < -0.39 is 5.97 Å². The Bertz CT molecular complexity index is 243. The fourth-order valence-electron chi connectivity index (χ4n) is 0.962. The number of carbonyl (C=O) groups excluding carboxylic acids is 1. The van der Waals surface area contributed by atoms with Gasteiger partial charge in [-0.1, -0.05) is 6.92 Å². The third-order valence-corrected chi connectivity index (χ3v) is 1.64. The highest BCUT2D eigenvalue weighted by Gasteiger charge is 2.14. The third-order valence-electron chi connectivity index (χ3n) is 1.64. The van der Waals surface area contributed by atoms with Crippen LogP contribution in [0.2, 0.25) is 0 Å². The van der Waals surface area contributed by atoms with Crippen LogP contribution >= 0.6 is 0 Å². The molecule has 0 aliphatic rings. The van der Waals surface area contributed by atoms with E-state index in [0.717, 1.165) is 5.56 Å². The Morgan fingerprint density at radius 1 is 1.83 bits per heavy atom. The number of nitrogens with two attached hydrogens (primary N) is 1. The number of rotatable bonds is 3. The van der Waals surface area contributed by atoms with Gasteiger partial charge in [-0.05, 0) is 18.1 Å². The Kier molecular flexibility index (Phi) is 2.88. The molecule has 0 amide bonds. The molecule has 1 aromatic rings. The molecule has 0 radical (unpaired) electrons. The molecule has 66 valence electrons. The van der Waals surface area contributed by atoms with Crippen LogP contribution in [0.15, 0.2) is 23.0 Å². The van der Waals surface area contributed by atoms with E-state index in [0.29, 0.717) is 6.42 Å². The third kappa shape index (κ3) is 2.10. The van der Waals surface area contributed by atoms with Gasteiger partial charge in [0.15, 0.2) is 0 Å². The molecule has 2 N–H and O–H groups in total. The highest BCUT2D eigenvalue weighted by Crippen LogP contribution is 2.09. The summed E-state index contributed by atoms with van der Waals surface area (Å²) in [5.41, 5.74) is 0.966. The minimum Gasteiger partial charge on any atom is -0.472 e. The minimum absolute atomic E-state index is 0.229. The predicted octanol–water partition coefficient (Wildman–Crippen LogP) is 0.875. The maximum Gasteiger partial charge on any atom is 0.327 e. The average molecular weight is 169 g/mol. The summed E-state index contributed by atoms with van der Waals surface area (Å²) in [7, 11) is 0. The zero-order valence-electron chi connectivity index (χ0n) is 6.82. The molecule has 0 spiro atoms. The standard InChI is InChI=1S/C8H11NO3/c1-6(8(10)12-9)4-7-2-3-11-5-7/h2-3,5-6H,4,9H2,1H3. The Morgan fingerprint density at radius 3 is 3.08 bits per heavy atom.